The molecule has 34 heavy (non-hydrogen) atoms. The lowest BCUT2D eigenvalue weighted by Crippen LogP contribution is -2.56. The van der Waals surface area contributed by atoms with Gasteiger partial charge in [0.25, 0.3) is 0 Å². The summed E-state index contributed by atoms with van der Waals surface area (Å²) < 4.78 is 10.1. The maximum Gasteiger partial charge on any atom is 0.408 e. The van der Waals surface area contributed by atoms with E-state index in [9.17, 15) is 19.5 Å². The Morgan fingerprint density at radius 2 is 1.79 bits per heavy atom. The minimum atomic E-state index is -0.959. The largest absolute Gasteiger partial charge is 0.464 e. The van der Waals surface area contributed by atoms with Crippen LogP contribution in [0.25, 0.3) is 0 Å². The number of nitrogens with one attached hydrogen (secondary N) is 1. The Labute approximate surface area is 207 Å². The number of hydrogen-bond donors (Lipinski definition) is 2. The first-order chi connectivity index (χ1) is 15.7. The van der Waals surface area contributed by atoms with E-state index in [-0.39, 0.29) is 35.9 Å². The molecule has 1 aromatic heterocycles. The number of hydrogen-bond acceptors (Lipinski definition) is 8. The number of aliphatic hydroxyl groups excluding tert-OH is 1. The topological polar surface area (TPSA) is 118 Å². The molecular weight excluding hydrogens is 458 g/mol. The molecule has 0 bridgehead atoms. The van der Waals surface area contributed by atoms with Crippen LogP contribution in [0, 0.1) is 11.8 Å². The third-order valence-corrected chi connectivity index (χ3v) is 6.13. The second-order valence-electron chi connectivity index (χ2n) is 10.0. The Kier molecular flexibility index (Phi) is 11.4. The van der Waals surface area contributed by atoms with E-state index in [1.54, 1.807) is 31.1 Å². The van der Waals surface area contributed by atoms with Gasteiger partial charge in [-0.25, -0.2) is 14.6 Å². The summed E-state index contributed by atoms with van der Waals surface area (Å²) in [6.45, 7) is 15.5. The summed E-state index contributed by atoms with van der Waals surface area (Å²) in [6, 6.07) is -1.08. The highest BCUT2D eigenvalue weighted by atomic mass is 32.1. The molecule has 0 fully saturated rings. The van der Waals surface area contributed by atoms with E-state index in [0.29, 0.717) is 18.0 Å². The summed E-state index contributed by atoms with van der Waals surface area (Å²) in [4.78, 5) is 43.7. The van der Waals surface area contributed by atoms with Gasteiger partial charge in [0.15, 0.2) is 5.69 Å². The summed E-state index contributed by atoms with van der Waals surface area (Å²) in [5, 5.41) is 15.6. The molecular formula is C24H41N3O6S. The van der Waals surface area contributed by atoms with Crippen molar-refractivity contribution in [3.63, 3.8) is 0 Å². The van der Waals surface area contributed by atoms with Crippen molar-refractivity contribution in [2.45, 2.75) is 92.0 Å². The van der Waals surface area contributed by atoms with E-state index in [1.807, 2.05) is 34.6 Å². The zero-order valence-corrected chi connectivity index (χ0v) is 22.7. The maximum absolute atomic E-state index is 13.7. The number of carbonyl (C=O) groups excluding carboxylic acids is 3. The van der Waals surface area contributed by atoms with E-state index in [1.165, 1.54) is 18.4 Å². The molecule has 0 aliphatic carbocycles. The van der Waals surface area contributed by atoms with Crippen LogP contribution < -0.4 is 5.32 Å². The van der Waals surface area contributed by atoms with Crippen molar-refractivity contribution in [1.82, 2.24) is 15.2 Å². The van der Waals surface area contributed by atoms with Crippen LogP contribution >= 0.6 is 11.3 Å². The van der Waals surface area contributed by atoms with Gasteiger partial charge in [0.2, 0.25) is 5.91 Å². The van der Waals surface area contributed by atoms with Crippen LogP contribution in [-0.2, 0) is 14.3 Å². The second kappa shape index (κ2) is 13.0. The SMILES string of the molecule is CCCN(C(=O)[C@@H](NC(=O)OC(C)(C)C)C(C)C)[C@H](C[C@@H](O)c1nc(C(=O)OC)cs1)C(C)C. The van der Waals surface area contributed by atoms with E-state index in [0.717, 1.165) is 0 Å². The fraction of sp³-hybridized carbons (Fsp3) is 0.750. The number of esters is 1. The minimum Gasteiger partial charge on any atom is -0.464 e. The molecule has 194 valence electrons. The van der Waals surface area contributed by atoms with Gasteiger partial charge in [-0.1, -0.05) is 34.6 Å². The zero-order valence-electron chi connectivity index (χ0n) is 21.9. The predicted molar refractivity (Wildman–Crippen MR) is 132 cm³/mol. The van der Waals surface area contributed by atoms with Crippen LogP contribution in [0.3, 0.4) is 0 Å². The van der Waals surface area contributed by atoms with E-state index in [4.69, 9.17) is 4.74 Å². The van der Waals surface area contributed by atoms with Crippen molar-refractivity contribution >= 4 is 29.3 Å². The molecule has 9 nitrogen and oxygen atoms in total. The first kappa shape index (κ1) is 29.8. The van der Waals surface area contributed by atoms with Crippen molar-refractivity contribution in [3.8, 4) is 0 Å². The Hall–Kier alpha value is -2.20. The number of nitrogens with zero attached hydrogens (tertiary/aromatic N) is 2. The molecule has 1 heterocycles. The molecule has 0 unspecified atom stereocenters. The molecule has 0 saturated carbocycles. The first-order valence-electron chi connectivity index (χ1n) is 11.7. The van der Waals surface area contributed by atoms with Gasteiger partial charge in [-0.15, -0.1) is 11.3 Å². The number of ether oxygens (including phenoxy) is 2. The molecule has 3 atom stereocenters. The highest BCUT2D eigenvalue weighted by molar-refractivity contribution is 7.09. The van der Waals surface area contributed by atoms with Crippen molar-refractivity contribution in [2.24, 2.45) is 11.8 Å². The number of thiazole rings is 1. The van der Waals surface area contributed by atoms with Gasteiger partial charge in [-0.05, 0) is 39.0 Å². The summed E-state index contributed by atoms with van der Waals surface area (Å²) in [7, 11) is 1.28. The summed E-state index contributed by atoms with van der Waals surface area (Å²) in [5.41, 5.74) is -0.537. The Balaban J connectivity index is 3.14. The molecule has 2 N–H and O–H groups in total. The second-order valence-corrected chi connectivity index (χ2v) is 10.9. The molecule has 1 aromatic rings. The smallest absolute Gasteiger partial charge is 0.408 e. The van der Waals surface area contributed by atoms with E-state index >= 15 is 0 Å². The van der Waals surface area contributed by atoms with Crippen LogP contribution in [0.5, 0.6) is 0 Å². The lowest BCUT2D eigenvalue weighted by atomic mass is 9.93. The number of amides is 2. The number of aromatic nitrogens is 1. The molecule has 0 aliphatic heterocycles. The van der Waals surface area contributed by atoms with Gasteiger partial charge in [-0.3, -0.25) is 4.79 Å². The Morgan fingerprint density at radius 1 is 1.18 bits per heavy atom. The minimum absolute atomic E-state index is 0.0273. The van der Waals surface area contributed by atoms with Crippen LogP contribution in [-0.4, -0.2) is 64.3 Å². The quantitative estimate of drug-likeness (QED) is 0.439. The van der Waals surface area contributed by atoms with Crippen molar-refractivity contribution in [2.75, 3.05) is 13.7 Å². The third-order valence-electron chi connectivity index (χ3n) is 5.19. The van der Waals surface area contributed by atoms with Gasteiger partial charge in [0.1, 0.15) is 22.8 Å². The molecule has 1 rings (SSSR count). The molecule has 2 amide bonds. The fourth-order valence-corrected chi connectivity index (χ4v) is 4.32. The van der Waals surface area contributed by atoms with Crippen LogP contribution in [0.1, 0.15) is 89.8 Å². The van der Waals surface area contributed by atoms with Gasteiger partial charge in [-0.2, -0.15) is 0 Å². The van der Waals surface area contributed by atoms with E-state index in [2.05, 4.69) is 15.0 Å². The monoisotopic (exact) mass is 499 g/mol. The zero-order chi connectivity index (χ0) is 26.2. The Bertz CT molecular complexity index is 818. The predicted octanol–water partition coefficient (Wildman–Crippen LogP) is 4.17. The van der Waals surface area contributed by atoms with Gasteiger partial charge < -0.3 is 24.8 Å². The van der Waals surface area contributed by atoms with Gasteiger partial charge in [0, 0.05) is 24.4 Å². The Morgan fingerprint density at radius 3 is 2.26 bits per heavy atom. The normalized spacial score (nSPS) is 14.5. The average molecular weight is 500 g/mol. The number of aliphatic hydroxyl groups is 1. The third kappa shape index (κ3) is 8.87. The number of alkyl carbamates (subject to hydrolysis) is 1. The lowest BCUT2D eigenvalue weighted by Gasteiger charge is -2.38. The molecule has 10 heteroatoms. The lowest BCUT2D eigenvalue weighted by molar-refractivity contribution is -0.138. The van der Waals surface area contributed by atoms with Gasteiger partial charge in [0.05, 0.1) is 7.11 Å². The average Bonchev–Trinajstić information content (AvgIpc) is 3.22. The van der Waals surface area contributed by atoms with Crippen molar-refractivity contribution in [3.05, 3.63) is 16.1 Å². The van der Waals surface area contributed by atoms with Crippen molar-refractivity contribution in [1.29, 1.82) is 0 Å². The van der Waals surface area contributed by atoms with Crippen LogP contribution in [0.4, 0.5) is 4.79 Å². The number of methoxy groups -OCH3 is 1. The number of carbonyl (C=O) groups is 3. The fourth-order valence-electron chi connectivity index (χ4n) is 3.53. The molecule has 0 radical (unpaired) electrons. The van der Waals surface area contributed by atoms with Crippen LogP contribution in [0.2, 0.25) is 0 Å². The van der Waals surface area contributed by atoms with Crippen molar-refractivity contribution < 1.29 is 29.0 Å². The standard InChI is InChI=1S/C24H41N3O6S/c1-10-11-27(21(29)19(15(4)5)26-23(31)33-24(6,7)8)17(14(2)3)12-18(28)20-25-16(13-34-20)22(30)32-9/h13-15,17-19,28H,10-12H2,1-9H3,(H,26,31)/t17-,18-,19+/m1/s1. The molecule has 0 saturated heterocycles. The van der Waals surface area contributed by atoms with Gasteiger partial charge >= 0.3 is 12.1 Å². The summed E-state index contributed by atoms with van der Waals surface area (Å²) >= 11 is 1.17. The first-order valence-corrected chi connectivity index (χ1v) is 12.6. The molecule has 0 aromatic carbocycles. The van der Waals surface area contributed by atoms with E-state index < -0.39 is 29.8 Å². The highest BCUT2D eigenvalue weighted by Gasteiger charge is 2.36. The molecule has 0 spiro atoms. The van der Waals surface area contributed by atoms with Crippen LogP contribution in [0.15, 0.2) is 5.38 Å². The maximum atomic E-state index is 13.7. The summed E-state index contributed by atoms with van der Waals surface area (Å²) in [6.07, 6.45) is -0.643. The highest BCUT2D eigenvalue weighted by Crippen LogP contribution is 2.28. The molecule has 0 aliphatic rings. The number of rotatable bonds is 11. The summed E-state index contributed by atoms with van der Waals surface area (Å²) in [5.74, 6) is -0.924.